The highest BCUT2D eigenvalue weighted by Crippen LogP contribution is 2.19. The van der Waals surface area contributed by atoms with Crippen molar-refractivity contribution >= 4 is 34.2 Å². The molecule has 80 valence electrons. The molecule has 1 aliphatic heterocycles. The largest absolute Gasteiger partial charge is 0.368 e. The van der Waals surface area contributed by atoms with Crippen LogP contribution in [0.4, 0.5) is 5.69 Å². The third-order valence-electron chi connectivity index (χ3n) is 2.35. The molecule has 0 aromatic heterocycles. The number of rotatable bonds is 2. The highest BCUT2D eigenvalue weighted by Gasteiger charge is 2.23. The molecular weight excluding hydrogens is 305 g/mol. The fraction of sp³-hybridized carbons (Fsp3) is 0.364. The zero-order chi connectivity index (χ0) is 10.7. The van der Waals surface area contributed by atoms with Crippen LogP contribution in [-0.4, -0.2) is 18.6 Å². The molecule has 4 heteroatoms. The molecule has 1 aromatic rings. The normalized spacial score (nSPS) is 20.2. The summed E-state index contributed by atoms with van der Waals surface area (Å²) in [5.41, 5.74) is 0.860. The number of ether oxygens (including phenoxy) is 1. The third kappa shape index (κ3) is 2.69. The van der Waals surface area contributed by atoms with E-state index >= 15 is 0 Å². The molecule has 0 radical (unpaired) electrons. The molecule has 1 aromatic carbocycles. The first-order valence-corrected chi connectivity index (χ1v) is 6.02. The number of benzene rings is 1. The van der Waals surface area contributed by atoms with Gasteiger partial charge >= 0.3 is 0 Å². The van der Waals surface area contributed by atoms with Gasteiger partial charge in [0.25, 0.3) is 5.91 Å². The topological polar surface area (TPSA) is 38.3 Å². The highest BCUT2D eigenvalue weighted by atomic mass is 127. The standard InChI is InChI=1S/C11H12INO2/c12-8-4-1-2-5-9(8)13-11(14)10-6-3-7-15-10/h1-2,4-5,10H,3,6-7H2,(H,13,14)/t10-/m0/s1. The van der Waals surface area contributed by atoms with Gasteiger partial charge in [-0.15, -0.1) is 0 Å². The summed E-state index contributed by atoms with van der Waals surface area (Å²) in [6.07, 6.45) is 1.54. The minimum absolute atomic E-state index is 0.0309. The zero-order valence-electron chi connectivity index (χ0n) is 8.20. The summed E-state index contributed by atoms with van der Waals surface area (Å²) in [7, 11) is 0. The average Bonchev–Trinajstić information content (AvgIpc) is 2.74. The van der Waals surface area contributed by atoms with Crippen molar-refractivity contribution in [2.75, 3.05) is 11.9 Å². The number of anilines is 1. The highest BCUT2D eigenvalue weighted by molar-refractivity contribution is 14.1. The molecule has 0 unspecified atom stereocenters. The molecule has 1 N–H and O–H groups in total. The van der Waals surface area contributed by atoms with E-state index in [0.717, 1.165) is 22.1 Å². The Morgan fingerprint density at radius 3 is 2.93 bits per heavy atom. The molecule has 0 spiro atoms. The van der Waals surface area contributed by atoms with Crippen LogP contribution in [0.25, 0.3) is 0 Å². The maximum atomic E-state index is 11.7. The summed E-state index contributed by atoms with van der Waals surface area (Å²) in [6.45, 7) is 0.698. The summed E-state index contributed by atoms with van der Waals surface area (Å²) >= 11 is 2.20. The Morgan fingerprint density at radius 1 is 1.47 bits per heavy atom. The number of carbonyl (C=O) groups excluding carboxylic acids is 1. The number of hydrogen-bond donors (Lipinski definition) is 1. The maximum absolute atomic E-state index is 11.7. The first kappa shape index (κ1) is 10.9. The summed E-state index contributed by atoms with van der Waals surface area (Å²) in [5, 5.41) is 2.88. The predicted octanol–water partition coefficient (Wildman–Crippen LogP) is 2.41. The second-order valence-corrected chi connectivity index (χ2v) is 4.63. The lowest BCUT2D eigenvalue weighted by Crippen LogP contribution is -2.27. The SMILES string of the molecule is O=C(Nc1ccccc1I)[C@@H]1CCCO1. The number of nitrogens with one attached hydrogen (secondary N) is 1. The fourth-order valence-corrected chi connectivity index (χ4v) is 2.08. The van der Waals surface area contributed by atoms with Crippen molar-refractivity contribution in [2.45, 2.75) is 18.9 Å². The van der Waals surface area contributed by atoms with Gasteiger partial charge in [-0.1, -0.05) is 12.1 Å². The third-order valence-corrected chi connectivity index (χ3v) is 3.29. The number of halogens is 1. The van der Waals surface area contributed by atoms with E-state index in [0.29, 0.717) is 6.61 Å². The van der Waals surface area contributed by atoms with Crippen molar-refractivity contribution < 1.29 is 9.53 Å². The molecule has 1 heterocycles. The van der Waals surface area contributed by atoms with Crippen LogP contribution in [0.2, 0.25) is 0 Å². The van der Waals surface area contributed by atoms with E-state index in [9.17, 15) is 4.79 Å². The molecule has 0 aliphatic carbocycles. The number of hydrogen-bond acceptors (Lipinski definition) is 2. The maximum Gasteiger partial charge on any atom is 0.253 e. The predicted molar refractivity (Wildman–Crippen MR) is 66.8 cm³/mol. The van der Waals surface area contributed by atoms with Crippen LogP contribution in [0.3, 0.4) is 0 Å². The second-order valence-electron chi connectivity index (χ2n) is 3.47. The Hall–Kier alpha value is -0.620. The quantitative estimate of drug-likeness (QED) is 0.851. The molecule has 0 saturated carbocycles. The van der Waals surface area contributed by atoms with Crippen LogP contribution in [-0.2, 0) is 9.53 Å². The zero-order valence-corrected chi connectivity index (χ0v) is 10.4. The summed E-state index contributed by atoms with van der Waals surface area (Å²) in [4.78, 5) is 11.7. The minimum atomic E-state index is -0.263. The van der Waals surface area contributed by atoms with Gasteiger partial charge in [-0.2, -0.15) is 0 Å². The Bertz CT molecular complexity index is 361. The van der Waals surface area contributed by atoms with Crippen molar-refractivity contribution in [3.05, 3.63) is 27.8 Å². The number of para-hydroxylation sites is 1. The molecule has 1 amide bonds. The van der Waals surface area contributed by atoms with Crippen LogP contribution >= 0.6 is 22.6 Å². The van der Waals surface area contributed by atoms with Crippen molar-refractivity contribution in [3.8, 4) is 0 Å². The molecule has 1 atom stereocenters. The van der Waals surface area contributed by atoms with Gasteiger partial charge in [0.15, 0.2) is 0 Å². The van der Waals surface area contributed by atoms with Crippen molar-refractivity contribution in [1.82, 2.24) is 0 Å². The molecule has 2 rings (SSSR count). The minimum Gasteiger partial charge on any atom is -0.368 e. The van der Waals surface area contributed by atoms with Gasteiger partial charge in [0, 0.05) is 10.2 Å². The van der Waals surface area contributed by atoms with Crippen molar-refractivity contribution in [1.29, 1.82) is 0 Å². The van der Waals surface area contributed by atoms with Crippen molar-refractivity contribution in [2.24, 2.45) is 0 Å². The van der Waals surface area contributed by atoms with Crippen molar-refractivity contribution in [3.63, 3.8) is 0 Å². The van der Waals surface area contributed by atoms with Crippen LogP contribution < -0.4 is 5.32 Å². The number of amides is 1. The number of carbonyl (C=O) groups is 1. The van der Waals surface area contributed by atoms with E-state index < -0.39 is 0 Å². The van der Waals surface area contributed by atoms with E-state index in [1.54, 1.807) is 0 Å². The Labute approximate surface area is 102 Å². The molecule has 15 heavy (non-hydrogen) atoms. The first-order chi connectivity index (χ1) is 7.27. The van der Waals surface area contributed by atoms with Crippen LogP contribution in [0.1, 0.15) is 12.8 Å². The fourth-order valence-electron chi connectivity index (χ4n) is 1.56. The van der Waals surface area contributed by atoms with Gasteiger partial charge in [-0.3, -0.25) is 4.79 Å². The Morgan fingerprint density at radius 2 is 2.27 bits per heavy atom. The Balaban J connectivity index is 2.02. The van der Waals surface area contributed by atoms with E-state index in [2.05, 4.69) is 27.9 Å². The molecular formula is C11H12INO2. The molecule has 1 aliphatic rings. The lowest BCUT2D eigenvalue weighted by Gasteiger charge is -2.11. The van der Waals surface area contributed by atoms with E-state index in [1.165, 1.54) is 0 Å². The van der Waals surface area contributed by atoms with Crippen LogP contribution in [0.15, 0.2) is 24.3 Å². The van der Waals surface area contributed by atoms with Gasteiger partial charge in [-0.25, -0.2) is 0 Å². The van der Waals surface area contributed by atoms with Crippen LogP contribution in [0.5, 0.6) is 0 Å². The van der Waals surface area contributed by atoms with Gasteiger partial charge in [0.2, 0.25) is 0 Å². The monoisotopic (exact) mass is 317 g/mol. The van der Waals surface area contributed by atoms with Gasteiger partial charge < -0.3 is 10.1 Å². The lowest BCUT2D eigenvalue weighted by atomic mass is 10.2. The second kappa shape index (κ2) is 4.94. The average molecular weight is 317 g/mol. The summed E-state index contributed by atoms with van der Waals surface area (Å²) in [6, 6.07) is 7.72. The van der Waals surface area contributed by atoms with Crippen LogP contribution in [0, 0.1) is 3.57 Å². The van der Waals surface area contributed by atoms with E-state index in [4.69, 9.17) is 4.74 Å². The summed E-state index contributed by atoms with van der Waals surface area (Å²) < 4.78 is 6.36. The molecule has 1 fully saturated rings. The smallest absolute Gasteiger partial charge is 0.253 e. The van der Waals surface area contributed by atoms with E-state index in [-0.39, 0.29) is 12.0 Å². The van der Waals surface area contributed by atoms with E-state index in [1.807, 2.05) is 24.3 Å². The van der Waals surface area contributed by atoms with Gasteiger partial charge in [-0.05, 0) is 47.6 Å². The lowest BCUT2D eigenvalue weighted by molar-refractivity contribution is -0.124. The first-order valence-electron chi connectivity index (χ1n) is 4.94. The Kier molecular flexibility index (Phi) is 3.58. The molecule has 1 saturated heterocycles. The van der Waals surface area contributed by atoms with Gasteiger partial charge in [0.05, 0.1) is 5.69 Å². The molecule has 3 nitrogen and oxygen atoms in total. The van der Waals surface area contributed by atoms with Gasteiger partial charge in [0.1, 0.15) is 6.10 Å². The summed E-state index contributed by atoms with van der Waals surface area (Å²) in [5.74, 6) is -0.0309. The molecule has 0 bridgehead atoms.